The van der Waals surface area contributed by atoms with Gasteiger partial charge in [-0.1, -0.05) is 256 Å². The molecule has 2 unspecified atom stereocenters. The van der Waals surface area contributed by atoms with Gasteiger partial charge in [-0.05, 0) is 77.0 Å². The molecule has 0 aromatic heterocycles. The van der Waals surface area contributed by atoms with Crippen molar-refractivity contribution in [2.75, 3.05) is 13.2 Å². The number of allylic oxidation sites excluding steroid dienone is 6. The molecule has 0 saturated carbocycles. The van der Waals surface area contributed by atoms with E-state index in [1.54, 1.807) is 0 Å². The van der Waals surface area contributed by atoms with Gasteiger partial charge in [0.05, 0.1) is 25.4 Å². The second-order valence-electron chi connectivity index (χ2n) is 20.0. The zero-order chi connectivity index (χ0) is 47.9. The van der Waals surface area contributed by atoms with E-state index in [0.717, 1.165) is 51.4 Å². The fraction of sp³-hybridized carbons (Fsp3) is 0.867. The van der Waals surface area contributed by atoms with Crippen molar-refractivity contribution >= 4 is 11.9 Å². The Morgan fingerprint density at radius 1 is 0.424 bits per heavy atom. The minimum absolute atomic E-state index is 0.00851. The lowest BCUT2D eigenvalue weighted by atomic mass is 10.0. The maximum Gasteiger partial charge on any atom is 0.305 e. The number of carbonyl (C=O) groups is 2. The predicted octanol–water partition coefficient (Wildman–Crippen LogP) is 18.0. The van der Waals surface area contributed by atoms with Crippen molar-refractivity contribution < 1.29 is 24.5 Å². The molecule has 0 rings (SSSR count). The van der Waals surface area contributed by atoms with Crippen molar-refractivity contribution in [1.29, 1.82) is 0 Å². The van der Waals surface area contributed by atoms with E-state index < -0.39 is 12.1 Å². The molecule has 0 fully saturated rings. The van der Waals surface area contributed by atoms with Crippen LogP contribution in [-0.2, 0) is 14.3 Å². The van der Waals surface area contributed by atoms with Crippen LogP contribution in [-0.4, -0.2) is 47.4 Å². The van der Waals surface area contributed by atoms with Gasteiger partial charge in [-0.15, -0.1) is 0 Å². The van der Waals surface area contributed by atoms with Crippen molar-refractivity contribution in [2.24, 2.45) is 0 Å². The van der Waals surface area contributed by atoms with Crippen molar-refractivity contribution in [3.05, 3.63) is 36.5 Å². The minimum Gasteiger partial charge on any atom is -0.466 e. The monoisotopic (exact) mass is 928 g/mol. The third-order valence-electron chi connectivity index (χ3n) is 13.4. The Morgan fingerprint density at radius 2 is 0.773 bits per heavy atom. The van der Waals surface area contributed by atoms with E-state index >= 15 is 0 Å². The maximum absolute atomic E-state index is 12.5. The second kappa shape index (κ2) is 55.7. The lowest BCUT2D eigenvalue weighted by Gasteiger charge is -2.22. The van der Waals surface area contributed by atoms with Crippen LogP contribution in [0.5, 0.6) is 0 Å². The number of amides is 1. The average Bonchev–Trinajstić information content (AvgIpc) is 3.32. The quantitative estimate of drug-likeness (QED) is 0.0321. The highest BCUT2D eigenvalue weighted by molar-refractivity contribution is 5.76. The van der Waals surface area contributed by atoms with Gasteiger partial charge in [0.1, 0.15) is 0 Å². The molecule has 0 aromatic rings. The molecule has 3 N–H and O–H groups in total. The molecule has 0 radical (unpaired) electrons. The summed E-state index contributed by atoms with van der Waals surface area (Å²) in [5.41, 5.74) is 0. The van der Waals surface area contributed by atoms with Gasteiger partial charge in [0.2, 0.25) is 5.91 Å². The van der Waals surface area contributed by atoms with E-state index in [2.05, 4.69) is 55.6 Å². The first kappa shape index (κ1) is 64.1. The maximum atomic E-state index is 12.5. The first-order valence-electron chi connectivity index (χ1n) is 29.2. The fourth-order valence-corrected chi connectivity index (χ4v) is 8.89. The zero-order valence-corrected chi connectivity index (χ0v) is 44.2. The van der Waals surface area contributed by atoms with Gasteiger partial charge in [-0.3, -0.25) is 9.59 Å². The van der Waals surface area contributed by atoms with Crippen LogP contribution in [0.4, 0.5) is 0 Å². The van der Waals surface area contributed by atoms with Gasteiger partial charge in [-0.2, -0.15) is 0 Å². The van der Waals surface area contributed by atoms with E-state index in [9.17, 15) is 19.8 Å². The highest BCUT2D eigenvalue weighted by Crippen LogP contribution is 2.17. The molecule has 2 atom stereocenters. The summed E-state index contributed by atoms with van der Waals surface area (Å²) in [4.78, 5) is 24.5. The Hall–Kier alpha value is -1.92. The Kier molecular flexibility index (Phi) is 54.1. The minimum atomic E-state index is -0.670. The number of rotatable bonds is 54. The number of aliphatic hydroxyl groups excluding tert-OH is 2. The van der Waals surface area contributed by atoms with Crippen molar-refractivity contribution in [3.8, 4) is 0 Å². The summed E-state index contributed by atoms with van der Waals surface area (Å²) in [7, 11) is 0. The summed E-state index contributed by atoms with van der Waals surface area (Å²) in [5.74, 6) is -0.0516. The number of hydrogen-bond donors (Lipinski definition) is 3. The molecule has 0 spiro atoms. The molecule has 6 nitrogen and oxygen atoms in total. The highest BCUT2D eigenvalue weighted by atomic mass is 16.5. The van der Waals surface area contributed by atoms with Gasteiger partial charge in [0.25, 0.3) is 0 Å². The van der Waals surface area contributed by atoms with E-state index in [1.165, 1.54) is 225 Å². The number of nitrogens with one attached hydrogen (secondary N) is 1. The molecule has 6 heteroatoms. The highest BCUT2D eigenvalue weighted by Gasteiger charge is 2.20. The third kappa shape index (κ3) is 51.5. The van der Waals surface area contributed by atoms with Crippen molar-refractivity contribution in [2.45, 2.75) is 321 Å². The van der Waals surface area contributed by atoms with Crippen LogP contribution in [0.3, 0.4) is 0 Å². The molecule has 0 aliphatic carbocycles. The molecule has 1 amide bonds. The molecule has 0 heterocycles. The Bertz CT molecular complexity index is 1070. The Balaban J connectivity index is 3.44. The number of hydrogen-bond acceptors (Lipinski definition) is 5. The van der Waals surface area contributed by atoms with Crippen LogP contribution >= 0.6 is 0 Å². The molecule has 66 heavy (non-hydrogen) atoms. The van der Waals surface area contributed by atoms with Gasteiger partial charge in [-0.25, -0.2) is 0 Å². The van der Waals surface area contributed by atoms with Crippen LogP contribution in [0.15, 0.2) is 36.5 Å². The zero-order valence-electron chi connectivity index (χ0n) is 44.2. The summed E-state index contributed by atoms with van der Waals surface area (Å²) in [6, 6.07) is -0.548. The van der Waals surface area contributed by atoms with Crippen molar-refractivity contribution in [3.63, 3.8) is 0 Å². The van der Waals surface area contributed by atoms with Gasteiger partial charge < -0.3 is 20.3 Å². The van der Waals surface area contributed by atoms with Crippen LogP contribution in [0.2, 0.25) is 0 Å². The SMILES string of the molecule is CCCC/C=C\C/C=C\CCCCCCCC(=O)OCCCCCCCCCCC/C=C\CCCCCCCCCC(=O)NC(CO)C(O)CCCCCCCCCCCCCCCCC. The van der Waals surface area contributed by atoms with Crippen LogP contribution in [0, 0.1) is 0 Å². The summed E-state index contributed by atoms with van der Waals surface area (Å²) in [6.07, 6.45) is 68.5. The summed E-state index contributed by atoms with van der Waals surface area (Å²) in [6.45, 7) is 4.90. The van der Waals surface area contributed by atoms with E-state index in [0.29, 0.717) is 25.9 Å². The number of unbranched alkanes of at least 4 members (excludes halogenated alkanes) is 37. The summed E-state index contributed by atoms with van der Waals surface area (Å²) < 4.78 is 5.46. The van der Waals surface area contributed by atoms with Gasteiger partial charge in [0.15, 0.2) is 0 Å². The third-order valence-corrected chi connectivity index (χ3v) is 13.4. The first-order valence-corrected chi connectivity index (χ1v) is 29.2. The molecular formula is C60H113NO5. The Morgan fingerprint density at radius 3 is 1.21 bits per heavy atom. The second-order valence-corrected chi connectivity index (χ2v) is 20.0. The molecule has 0 aromatic carbocycles. The molecule has 0 bridgehead atoms. The number of esters is 1. The van der Waals surface area contributed by atoms with Crippen LogP contribution < -0.4 is 5.32 Å². The van der Waals surface area contributed by atoms with E-state index in [4.69, 9.17) is 4.74 Å². The smallest absolute Gasteiger partial charge is 0.305 e. The molecule has 0 saturated heterocycles. The van der Waals surface area contributed by atoms with Crippen LogP contribution in [0.25, 0.3) is 0 Å². The molecule has 388 valence electrons. The molecule has 0 aliphatic rings. The van der Waals surface area contributed by atoms with Gasteiger partial charge in [0, 0.05) is 12.8 Å². The van der Waals surface area contributed by atoms with Crippen LogP contribution in [0.1, 0.15) is 309 Å². The topological polar surface area (TPSA) is 95.9 Å². The van der Waals surface area contributed by atoms with Crippen molar-refractivity contribution in [1.82, 2.24) is 5.32 Å². The van der Waals surface area contributed by atoms with E-state index in [-0.39, 0.29) is 18.5 Å². The summed E-state index contributed by atoms with van der Waals surface area (Å²) in [5, 5.41) is 23.3. The normalized spacial score (nSPS) is 12.8. The lowest BCUT2D eigenvalue weighted by molar-refractivity contribution is -0.143. The fourth-order valence-electron chi connectivity index (χ4n) is 8.89. The molecular weight excluding hydrogens is 815 g/mol. The first-order chi connectivity index (χ1) is 32.5. The predicted molar refractivity (Wildman–Crippen MR) is 287 cm³/mol. The average molecular weight is 929 g/mol. The lowest BCUT2D eigenvalue weighted by Crippen LogP contribution is -2.45. The standard InChI is InChI=1S/C60H113NO5/c1-3-5-7-9-11-13-15-17-25-28-32-36-40-44-48-52-58(63)57(56-62)61-59(64)53-49-45-41-37-33-29-26-23-21-19-20-22-24-27-31-35-39-43-47-51-55-66-60(65)54-50-46-42-38-34-30-18-16-14-12-10-8-6-4-2/h10,12,16,18-19,21,57-58,62-63H,3-9,11,13-15,17,20,22-56H2,1-2H3,(H,61,64)/b12-10-,18-16-,21-19-. The van der Waals surface area contributed by atoms with Gasteiger partial charge >= 0.3 is 5.97 Å². The Labute approximate surface area is 411 Å². The summed E-state index contributed by atoms with van der Waals surface area (Å²) >= 11 is 0. The van der Waals surface area contributed by atoms with E-state index in [1.807, 2.05) is 0 Å². The number of ether oxygens (including phenoxy) is 1. The largest absolute Gasteiger partial charge is 0.466 e. The number of carbonyl (C=O) groups excluding carboxylic acids is 2. The molecule has 0 aliphatic heterocycles. The number of aliphatic hydroxyl groups is 2.